The molecule has 0 unspecified atom stereocenters. The van der Waals surface area contributed by atoms with Crippen LogP contribution in [0.5, 0.6) is 0 Å². The summed E-state index contributed by atoms with van der Waals surface area (Å²) in [6.07, 6.45) is 2.45. The second kappa shape index (κ2) is 7.80. The maximum absolute atomic E-state index is 13.3. The summed E-state index contributed by atoms with van der Waals surface area (Å²) in [5.41, 5.74) is 4.05. The first-order chi connectivity index (χ1) is 15.8. The quantitative estimate of drug-likeness (QED) is 0.533. The van der Waals surface area contributed by atoms with Gasteiger partial charge in [-0.15, -0.1) is 0 Å². The Kier molecular flexibility index (Phi) is 5.04. The van der Waals surface area contributed by atoms with Crippen molar-refractivity contribution in [2.24, 2.45) is 23.7 Å². The van der Waals surface area contributed by atoms with Crippen molar-refractivity contribution in [3.05, 3.63) is 71.3 Å². The fourth-order valence-electron chi connectivity index (χ4n) is 5.46. The normalized spacial score (nSPS) is 27.3. The molecule has 2 aromatic carbocycles. The number of hydrogen-bond donors (Lipinski definition) is 0. The van der Waals surface area contributed by atoms with Crippen LogP contribution in [0, 0.1) is 37.5 Å². The number of anilines is 2. The largest absolute Gasteiger partial charge is 0.274 e. The van der Waals surface area contributed by atoms with E-state index in [9.17, 15) is 19.2 Å². The molecule has 0 saturated carbocycles. The number of hydrogen-bond acceptors (Lipinski definition) is 4. The van der Waals surface area contributed by atoms with E-state index in [2.05, 4.69) is 0 Å². The molecule has 2 aromatic rings. The van der Waals surface area contributed by atoms with Crippen molar-refractivity contribution in [1.82, 2.24) is 0 Å². The molecule has 3 aliphatic rings. The van der Waals surface area contributed by atoms with E-state index in [0.717, 1.165) is 16.7 Å². The number of carbonyl (C=O) groups is 4. The van der Waals surface area contributed by atoms with Crippen molar-refractivity contribution in [3.63, 3.8) is 0 Å². The van der Waals surface area contributed by atoms with Gasteiger partial charge in [0.1, 0.15) is 0 Å². The molecule has 6 nitrogen and oxygen atoms in total. The van der Waals surface area contributed by atoms with Gasteiger partial charge in [-0.1, -0.05) is 47.0 Å². The van der Waals surface area contributed by atoms with Crippen molar-refractivity contribution in [3.8, 4) is 0 Å². The Hall–Kier alpha value is -3.54. The van der Waals surface area contributed by atoms with Gasteiger partial charge in [-0.25, -0.2) is 4.90 Å². The summed E-state index contributed by atoms with van der Waals surface area (Å²) in [6, 6.07) is 14.7. The van der Waals surface area contributed by atoms with Crippen LogP contribution in [0.25, 0.3) is 0 Å². The van der Waals surface area contributed by atoms with Crippen LogP contribution >= 0.6 is 0 Å². The van der Waals surface area contributed by atoms with Crippen molar-refractivity contribution < 1.29 is 19.2 Å². The fraction of sp³-hybridized carbons (Fsp3) is 0.333. The number of nitrogens with zero attached hydrogens (tertiary/aromatic N) is 2. The van der Waals surface area contributed by atoms with Gasteiger partial charge >= 0.3 is 0 Å². The zero-order valence-electron chi connectivity index (χ0n) is 18.9. The van der Waals surface area contributed by atoms with Crippen LogP contribution in [0.15, 0.2) is 60.2 Å². The molecule has 1 aliphatic carbocycles. The third-order valence-electron chi connectivity index (χ3n) is 7.20. The highest BCUT2D eigenvalue weighted by Gasteiger charge is 2.53. The highest BCUT2D eigenvalue weighted by molar-refractivity contribution is 6.23. The summed E-state index contributed by atoms with van der Waals surface area (Å²) in [7, 11) is 0. The lowest BCUT2D eigenvalue weighted by molar-refractivity contribution is -0.125. The first-order valence-electron chi connectivity index (χ1n) is 11.3. The lowest BCUT2D eigenvalue weighted by Crippen LogP contribution is -2.35. The number of amides is 4. The molecule has 4 atom stereocenters. The van der Waals surface area contributed by atoms with Crippen LogP contribution in [-0.4, -0.2) is 23.6 Å². The summed E-state index contributed by atoms with van der Waals surface area (Å²) in [5, 5.41) is 0. The number of aryl methyl sites for hydroxylation is 2. The third kappa shape index (κ3) is 3.41. The van der Waals surface area contributed by atoms with Gasteiger partial charge in [0.25, 0.3) is 0 Å². The van der Waals surface area contributed by atoms with Gasteiger partial charge in [-0.05, 0) is 57.4 Å². The average Bonchev–Trinajstić information content (AvgIpc) is 3.22. The standard InChI is InChI=1S/C27H26N2O4/c1-15-4-8-19(9-5-15)28-23(30)14-21(25(28)31)18-12-17(3)24-22(13-18)26(32)29(27(24)33)20-10-6-16(2)7-11-20/h4-12,18,21-22,24H,13-14H2,1-3H3/t18-,21-,22+,24+/m0/s1. The average molecular weight is 443 g/mol. The molecular formula is C27H26N2O4. The van der Waals surface area contributed by atoms with Crippen LogP contribution < -0.4 is 9.80 Å². The smallest absolute Gasteiger partial charge is 0.241 e. The van der Waals surface area contributed by atoms with Gasteiger partial charge in [0.15, 0.2) is 0 Å². The maximum Gasteiger partial charge on any atom is 0.241 e. The molecule has 5 rings (SSSR count). The second-order valence-corrected chi connectivity index (χ2v) is 9.46. The van der Waals surface area contributed by atoms with E-state index in [1.54, 1.807) is 24.3 Å². The van der Waals surface area contributed by atoms with Crippen molar-refractivity contribution in [2.75, 3.05) is 9.80 Å². The predicted molar refractivity (Wildman–Crippen MR) is 124 cm³/mol. The first kappa shape index (κ1) is 21.3. The van der Waals surface area contributed by atoms with Crippen molar-refractivity contribution in [2.45, 2.75) is 33.6 Å². The summed E-state index contributed by atoms with van der Waals surface area (Å²) in [4.78, 5) is 55.1. The number of allylic oxidation sites excluding steroid dienone is 1. The molecule has 2 aliphatic heterocycles. The Morgan fingerprint density at radius 2 is 1.18 bits per heavy atom. The molecule has 0 N–H and O–H groups in total. The van der Waals surface area contributed by atoms with Crippen LogP contribution in [-0.2, 0) is 19.2 Å². The van der Waals surface area contributed by atoms with E-state index in [1.165, 1.54) is 9.80 Å². The van der Waals surface area contributed by atoms with Gasteiger partial charge in [0.05, 0.1) is 29.1 Å². The molecule has 2 saturated heterocycles. The Balaban J connectivity index is 1.41. The Labute approximate surface area is 192 Å². The molecule has 6 heteroatoms. The van der Waals surface area contributed by atoms with Crippen LogP contribution in [0.3, 0.4) is 0 Å². The van der Waals surface area contributed by atoms with E-state index < -0.39 is 17.8 Å². The Bertz CT molecular complexity index is 1200. The van der Waals surface area contributed by atoms with E-state index in [-0.39, 0.29) is 36.0 Å². The Morgan fingerprint density at radius 3 is 1.76 bits per heavy atom. The molecule has 0 radical (unpaired) electrons. The number of fused-ring (bicyclic) bond motifs is 1. The van der Waals surface area contributed by atoms with Crippen LogP contribution in [0.1, 0.15) is 30.9 Å². The molecule has 2 heterocycles. The van der Waals surface area contributed by atoms with Gasteiger partial charge in [-0.3, -0.25) is 24.1 Å². The van der Waals surface area contributed by atoms with Gasteiger partial charge in [0, 0.05) is 6.42 Å². The van der Waals surface area contributed by atoms with Gasteiger partial charge < -0.3 is 0 Å². The lowest BCUT2D eigenvalue weighted by atomic mass is 9.71. The number of rotatable bonds is 3. The molecule has 168 valence electrons. The van der Waals surface area contributed by atoms with Crippen molar-refractivity contribution >= 4 is 35.0 Å². The minimum atomic E-state index is -0.522. The zero-order chi connectivity index (χ0) is 23.4. The van der Waals surface area contributed by atoms with Crippen LogP contribution in [0.4, 0.5) is 11.4 Å². The number of carbonyl (C=O) groups excluding carboxylic acids is 4. The molecule has 0 spiro atoms. The summed E-state index contributed by atoms with van der Waals surface area (Å²) in [6.45, 7) is 5.76. The molecule has 2 fully saturated rings. The fourth-order valence-corrected chi connectivity index (χ4v) is 5.46. The lowest BCUT2D eigenvalue weighted by Gasteiger charge is -2.29. The minimum Gasteiger partial charge on any atom is -0.274 e. The minimum absolute atomic E-state index is 0.113. The molecule has 0 aromatic heterocycles. The monoisotopic (exact) mass is 442 g/mol. The van der Waals surface area contributed by atoms with Gasteiger partial charge in [0.2, 0.25) is 23.6 Å². The first-order valence-corrected chi connectivity index (χ1v) is 11.3. The molecule has 33 heavy (non-hydrogen) atoms. The van der Waals surface area contributed by atoms with Gasteiger partial charge in [-0.2, -0.15) is 0 Å². The zero-order valence-corrected chi connectivity index (χ0v) is 18.9. The van der Waals surface area contributed by atoms with E-state index >= 15 is 0 Å². The summed E-state index contributed by atoms with van der Waals surface area (Å²) in [5.74, 6) is -2.69. The topological polar surface area (TPSA) is 74.8 Å². The number of imide groups is 2. The Morgan fingerprint density at radius 1 is 0.667 bits per heavy atom. The van der Waals surface area contributed by atoms with E-state index in [0.29, 0.717) is 17.8 Å². The molecule has 0 bridgehead atoms. The second-order valence-electron chi connectivity index (χ2n) is 9.46. The SMILES string of the molecule is CC1=C[C@H]([C@@H]2CC(=O)N(c3ccc(C)cc3)C2=O)C[C@H]2C(=O)N(c3ccc(C)cc3)C(=O)[C@H]12. The maximum atomic E-state index is 13.3. The predicted octanol–water partition coefficient (Wildman–Crippen LogP) is 3.95. The number of benzene rings is 2. The highest BCUT2D eigenvalue weighted by atomic mass is 16.2. The van der Waals surface area contributed by atoms with Crippen LogP contribution in [0.2, 0.25) is 0 Å². The summed E-state index contributed by atoms with van der Waals surface area (Å²) >= 11 is 0. The van der Waals surface area contributed by atoms with E-state index in [4.69, 9.17) is 0 Å². The van der Waals surface area contributed by atoms with E-state index in [1.807, 2.05) is 51.1 Å². The summed E-state index contributed by atoms with van der Waals surface area (Å²) < 4.78 is 0. The molecule has 4 amide bonds. The third-order valence-corrected chi connectivity index (χ3v) is 7.20. The highest BCUT2D eigenvalue weighted by Crippen LogP contribution is 2.46. The van der Waals surface area contributed by atoms with Crippen molar-refractivity contribution in [1.29, 1.82) is 0 Å². The molecular weight excluding hydrogens is 416 g/mol.